The molecule has 0 radical (unpaired) electrons. The lowest BCUT2D eigenvalue weighted by molar-refractivity contribution is -0.117. The van der Waals surface area contributed by atoms with E-state index in [-0.39, 0.29) is 18.3 Å². The van der Waals surface area contributed by atoms with Crippen LogP contribution in [0.25, 0.3) is 0 Å². The van der Waals surface area contributed by atoms with Crippen LogP contribution in [0.2, 0.25) is 0 Å². The smallest absolute Gasteiger partial charge is 0.240 e. The van der Waals surface area contributed by atoms with Crippen LogP contribution in [0, 0.1) is 6.92 Å². The molecular weight excluding hydrogens is 236 g/mol. The van der Waals surface area contributed by atoms with E-state index >= 15 is 0 Å². The molecule has 0 atom stereocenters. The van der Waals surface area contributed by atoms with Crippen molar-refractivity contribution in [2.45, 2.75) is 19.8 Å². The predicted octanol–water partition coefficient (Wildman–Crippen LogP) is 1.92. The van der Waals surface area contributed by atoms with Gasteiger partial charge in [0.2, 0.25) is 5.91 Å². The molecule has 17 heavy (non-hydrogen) atoms. The average Bonchev–Trinajstić information content (AvgIpc) is 2.28. The summed E-state index contributed by atoms with van der Waals surface area (Å²) in [6.45, 7) is 3.32. The number of amides is 1. The van der Waals surface area contributed by atoms with Gasteiger partial charge in [0.15, 0.2) is 0 Å². The van der Waals surface area contributed by atoms with E-state index in [1.165, 1.54) is 11.1 Å². The molecule has 0 saturated carbocycles. The molecule has 1 aliphatic heterocycles. The Morgan fingerprint density at radius 1 is 1.47 bits per heavy atom. The number of halogens is 1. The Bertz CT molecular complexity index is 406. The minimum atomic E-state index is 0. The first kappa shape index (κ1) is 14.0. The molecule has 0 saturated heterocycles. The summed E-state index contributed by atoms with van der Waals surface area (Å²) in [5.74, 6) is 0.161. The lowest BCUT2D eigenvalue weighted by atomic mass is 10.00. The van der Waals surface area contributed by atoms with Gasteiger partial charge in [-0.3, -0.25) is 4.79 Å². The quantitative estimate of drug-likeness (QED) is 0.875. The lowest BCUT2D eigenvalue weighted by Crippen LogP contribution is -2.40. The molecule has 4 heteroatoms. The van der Waals surface area contributed by atoms with E-state index in [9.17, 15) is 4.79 Å². The first-order valence-corrected chi connectivity index (χ1v) is 5.77. The fourth-order valence-electron chi connectivity index (χ4n) is 2.19. The molecule has 0 aliphatic carbocycles. The summed E-state index contributed by atoms with van der Waals surface area (Å²) >= 11 is 0. The topological polar surface area (TPSA) is 32.3 Å². The zero-order valence-electron chi connectivity index (χ0n) is 10.3. The summed E-state index contributed by atoms with van der Waals surface area (Å²) < 4.78 is 0. The molecule has 1 heterocycles. The van der Waals surface area contributed by atoms with Gasteiger partial charge in [0.1, 0.15) is 0 Å². The number of anilines is 1. The number of rotatable bonds is 2. The van der Waals surface area contributed by atoms with Gasteiger partial charge in [0.05, 0.1) is 6.54 Å². The Hall–Kier alpha value is -1.06. The van der Waals surface area contributed by atoms with E-state index in [0.29, 0.717) is 6.54 Å². The van der Waals surface area contributed by atoms with Gasteiger partial charge in [-0.1, -0.05) is 12.1 Å². The zero-order valence-corrected chi connectivity index (χ0v) is 11.1. The first-order chi connectivity index (χ1) is 7.72. The highest BCUT2D eigenvalue weighted by Crippen LogP contribution is 2.27. The number of aryl methyl sites for hydroxylation is 2. The number of carbonyl (C=O) groups excluding carboxylic acids is 1. The Balaban J connectivity index is 0.00000144. The van der Waals surface area contributed by atoms with Crippen LogP contribution in [-0.4, -0.2) is 26.0 Å². The van der Waals surface area contributed by atoms with E-state index in [1.807, 2.05) is 4.90 Å². The van der Waals surface area contributed by atoms with Gasteiger partial charge in [0.25, 0.3) is 0 Å². The van der Waals surface area contributed by atoms with E-state index in [4.69, 9.17) is 0 Å². The second kappa shape index (κ2) is 6.03. The summed E-state index contributed by atoms with van der Waals surface area (Å²) in [5.41, 5.74) is 3.61. The largest absolute Gasteiger partial charge is 0.311 e. The summed E-state index contributed by atoms with van der Waals surface area (Å²) in [5, 5.41) is 2.92. The van der Waals surface area contributed by atoms with Crippen molar-refractivity contribution < 1.29 is 4.79 Å². The number of fused-ring (bicyclic) bond motifs is 1. The van der Waals surface area contributed by atoms with Crippen molar-refractivity contribution in [2.24, 2.45) is 0 Å². The second-order valence-electron chi connectivity index (χ2n) is 4.31. The van der Waals surface area contributed by atoms with Crippen LogP contribution in [0.1, 0.15) is 17.5 Å². The van der Waals surface area contributed by atoms with Crippen molar-refractivity contribution in [2.75, 3.05) is 25.0 Å². The molecule has 2 rings (SSSR count). The number of carbonyl (C=O) groups is 1. The third kappa shape index (κ3) is 2.99. The van der Waals surface area contributed by atoms with Gasteiger partial charge in [-0.2, -0.15) is 0 Å². The minimum absolute atomic E-state index is 0. The van der Waals surface area contributed by atoms with Crippen LogP contribution in [0.3, 0.4) is 0 Å². The molecule has 94 valence electrons. The number of nitrogens with one attached hydrogen (secondary N) is 1. The van der Waals surface area contributed by atoms with Crippen LogP contribution >= 0.6 is 12.4 Å². The van der Waals surface area contributed by atoms with Gasteiger partial charge >= 0.3 is 0 Å². The van der Waals surface area contributed by atoms with Crippen LogP contribution in [0.15, 0.2) is 18.2 Å². The third-order valence-electron chi connectivity index (χ3n) is 2.99. The second-order valence-corrected chi connectivity index (χ2v) is 4.31. The summed E-state index contributed by atoms with van der Waals surface area (Å²) in [6, 6.07) is 6.37. The summed E-state index contributed by atoms with van der Waals surface area (Å²) in [6.07, 6.45) is 2.14. The molecule has 0 unspecified atom stereocenters. The fraction of sp³-hybridized carbons (Fsp3) is 0.462. The minimum Gasteiger partial charge on any atom is -0.311 e. The third-order valence-corrected chi connectivity index (χ3v) is 2.99. The van der Waals surface area contributed by atoms with Crippen molar-refractivity contribution in [3.05, 3.63) is 29.3 Å². The van der Waals surface area contributed by atoms with Gasteiger partial charge in [-0.25, -0.2) is 0 Å². The number of likely N-dealkylation sites (N-methyl/N-ethyl adjacent to an activating group) is 1. The molecule has 0 bridgehead atoms. The number of benzene rings is 1. The molecule has 3 nitrogen and oxygen atoms in total. The molecule has 0 fully saturated rings. The molecule has 1 aliphatic rings. The van der Waals surface area contributed by atoms with Gasteiger partial charge in [0, 0.05) is 12.2 Å². The van der Waals surface area contributed by atoms with Crippen molar-refractivity contribution >= 4 is 24.0 Å². The molecule has 1 aromatic rings. The van der Waals surface area contributed by atoms with E-state index in [1.54, 1.807) is 7.05 Å². The monoisotopic (exact) mass is 254 g/mol. The van der Waals surface area contributed by atoms with Crippen molar-refractivity contribution in [1.82, 2.24) is 5.32 Å². The predicted molar refractivity (Wildman–Crippen MR) is 73.0 cm³/mol. The Labute approximate surface area is 109 Å². The van der Waals surface area contributed by atoms with E-state index < -0.39 is 0 Å². The van der Waals surface area contributed by atoms with Crippen molar-refractivity contribution in [3.8, 4) is 0 Å². The van der Waals surface area contributed by atoms with Crippen LogP contribution in [0.5, 0.6) is 0 Å². The van der Waals surface area contributed by atoms with Crippen LogP contribution in [-0.2, 0) is 11.2 Å². The maximum atomic E-state index is 11.9. The maximum absolute atomic E-state index is 11.9. The molecule has 0 spiro atoms. The lowest BCUT2D eigenvalue weighted by Gasteiger charge is -2.29. The van der Waals surface area contributed by atoms with Crippen LogP contribution < -0.4 is 10.2 Å². The van der Waals surface area contributed by atoms with Crippen LogP contribution in [0.4, 0.5) is 5.69 Å². The fourth-order valence-corrected chi connectivity index (χ4v) is 2.19. The van der Waals surface area contributed by atoms with Gasteiger partial charge < -0.3 is 10.2 Å². The molecule has 0 aromatic heterocycles. The van der Waals surface area contributed by atoms with Crippen molar-refractivity contribution in [3.63, 3.8) is 0 Å². The number of hydrogen-bond acceptors (Lipinski definition) is 2. The van der Waals surface area contributed by atoms with Gasteiger partial charge in [-0.15, -0.1) is 12.4 Å². The molecule has 1 N–H and O–H groups in total. The Kier molecular flexibility index (Phi) is 4.97. The number of nitrogens with zero attached hydrogens (tertiary/aromatic N) is 1. The Morgan fingerprint density at radius 3 is 2.94 bits per heavy atom. The normalized spacial score (nSPS) is 13.9. The summed E-state index contributed by atoms with van der Waals surface area (Å²) in [7, 11) is 1.80. The summed E-state index contributed by atoms with van der Waals surface area (Å²) in [4.78, 5) is 13.8. The highest BCUT2D eigenvalue weighted by molar-refractivity contribution is 5.96. The Morgan fingerprint density at radius 2 is 2.24 bits per heavy atom. The highest BCUT2D eigenvalue weighted by atomic mass is 35.5. The van der Waals surface area contributed by atoms with Crippen molar-refractivity contribution in [1.29, 1.82) is 0 Å². The van der Waals surface area contributed by atoms with Gasteiger partial charge in [-0.05, 0) is 44.0 Å². The first-order valence-electron chi connectivity index (χ1n) is 5.77. The molecular formula is C13H19ClN2O. The molecule has 1 amide bonds. The molecule has 1 aromatic carbocycles. The highest BCUT2D eigenvalue weighted by Gasteiger charge is 2.21. The van der Waals surface area contributed by atoms with E-state index in [0.717, 1.165) is 25.1 Å². The standard InChI is InChI=1S/C13H18N2O.ClH/c1-10-5-6-11-4-3-7-15(12(11)8-10)13(16)9-14-2;/h5-6,8,14H,3-4,7,9H2,1-2H3;1H. The maximum Gasteiger partial charge on any atom is 0.240 e. The zero-order chi connectivity index (χ0) is 11.5. The number of hydrogen-bond donors (Lipinski definition) is 1. The van der Waals surface area contributed by atoms with E-state index in [2.05, 4.69) is 30.4 Å². The SMILES string of the molecule is CNCC(=O)N1CCCc2ccc(C)cc21.Cl. The average molecular weight is 255 g/mol.